The van der Waals surface area contributed by atoms with Crippen molar-refractivity contribution in [1.29, 1.82) is 0 Å². The van der Waals surface area contributed by atoms with Gasteiger partial charge in [0.05, 0.1) is 0 Å². The average Bonchev–Trinajstić information content (AvgIpc) is 2.66. The second kappa shape index (κ2) is 4.61. The molecule has 0 aliphatic rings. The van der Waals surface area contributed by atoms with Crippen LogP contribution in [-0.4, -0.2) is 31.1 Å². The molecule has 0 saturated heterocycles. The Labute approximate surface area is 79.7 Å². The Kier molecular flexibility index (Phi) is 3.45. The zero-order valence-corrected chi connectivity index (χ0v) is 7.91. The van der Waals surface area contributed by atoms with Crippen LogP contribution >= 0.6 is 11.3 Å². The van der Waals surface area contributed by atoms with Gasteiger partial charge in [0.25, 0.3) is 0 Å². The lowest BCUT2D eigenvalue weighted by Crippen LogP contribution is -2.21. The van der Waals surface area contributed by atoms with E-state index in [9.17, 15) is 9.59 Å². The second-order valence-corrected chi connectivity index (χ2v) is 3.35. The highest BCUT2D eigenvalue weighted by Crippen LogP contribution is 2.09. The molecule has 0 atom stereocenters. The highest BCUT2D eigenvalue weighted by atomic mass is 32.1. The van der Waals surface area contributed by atoms with Crippen molar-refractivity contribution in [2.45, 2.75) is 0 Å². The Bertz CT molecular complexity index is 284. The van der Waals surface area contributed by atoms with E-state index >= 15 is 0 Å². The van der Waals surface area contributed by atoms with Gasteiger partial charge >= 0.3 is 5.97 Å². The number of rotatable bonds is 4. The molecule has 70 valence electrons. The van der Waals surface area contributed by atoms with Gasteiger partial charge in [0, 0.05) is 7.05 Å². The second-order valence-electron chi connectivity index (χ2n) is 2.40. The van der Waals surface area contributed by atoms with Gasteiger partial charge in [-0.25, -0.2) is 4.79 Å². The molecular weight excluding hydrogens is 190 g/mol. The van der Waals surface area contributed by atoms with E-state index in [2.05, 4.69) is 0 Å². The maximum Gasteiger partial charge on any atom is 0.350 e. The van der Waals surface area contributed by atoms with Crippen molar-refractivity contribution in [1.82, 2.24) is 4.90 Å². The van der Waals surface area contributed by atoms with E-state index in [1.165, 1.54) is 23.3 Å². The third-order valence-electron chi connectivity index (χ3n) is 1.30. The summed E-state index contributed by atoms with van der Waals surface area (Å²) < 4.78 is 4.81. The Balaban J connectivity index is 2.39. The highest BCUT2D eigenvalue weighted by molar-refractivity contribution is 7.11. The van der Waals surface area contributed by atoms with Crippen LogP contribution in [0.15, 0.2) is 17.5 Å². The molecule has 1 heterocycles. The van der Waals surface area contributed by atoms with Gasteiger partial charge in [0.1, 0.15) is 4.88 Å². The average molecular weight is 199 g/mol. The smallest absolute Gasteiger partial charge is 0.350 e. The van der Waals surface area contributed by atoms with E-state index in [-0.39, 0.29) is 6.73 Å². The molecule has 0 aromatic carbocycles. The number of ether oxygens (including phenoxy) is 1. The predicted octanol–water partition coefficient (Wildman–Crippen LogP) is 0.951. The fourth-order valence-corrected chi connectivity index (χ4v) is 1.27. The molecule has 1 amide bonds. The highest BCUT2D eigenvalue weighted by Gasteiger charge is 2.07. The number of amides is 1. The molecule has 0 saturated carbocycles. The quantitative estimate of drug-likeness (QED) is 0.412. The van der Waals surface area contributed by atoms with Crippen molar-refractivity contribution in [3.63, 3.8) is 0 Å². The zero-order valence-electron chi connectivity index (χ0n) is 7.10. The molecule has 1 rings (SSSR count). The number of hydrogen-bond acceptors (Lipinski definition) is 4. The van der Waals surface area contributed by atoms with E-state index in [1.807, 2.05) is 0 Å². The predicted molar refractivity (Wildman–Crippen MR) is 48.4 cm³/mol. The van der Waals surface area contributed by atoms with Crippen LogP contribution in [0, 0.1) is 0 Å². The minimum atomic E-state index is -0.399. The van der Waals surface area contributed by atoms with Crippen molar-refractivity contribution in [2.75, 3.05) is 13.8 Å². The first-order chi connectivity index (χ1) is 6.24. The lowest BCUT2D eigenvalue weighted by atomic mass is 10.5. The molecule has 0 fully saturated rings. The van der Waals surface area contributed by atoms with Crippen LogP contribution < -0.4 is 0 Å². The molecule has 1 aromatic heterocycles. The van der Waals surface area contributed by atoms with Crippen LogP contribution in [0.1, 0.15) is 9.67 Å². The Morgan fingerprint density at radius 2 is 2.54 bits per heavy atom. The molecule has 0 N–H and O–H groups in total. The zero-order chi connectivity index (χ0) is 9.68. The summed E-state index contributed by atoms with van der Waals surface area (Å²) in [6.07, 6.45) is 0.599. The van der Waals surface area contributed by atoms with Gasteiger partial charge < -0.3 is 9.64 Å². The first-order valence-corrected chi connectivity index (χ1v) is 4.48. The number of carbonyl (C=O) groups is 2. The topological polar surface area (TPSA) is 46.6 Å². The van der Waals surface area contributed by atoms with Gasteiger partial charge in [-0.3, -0.25) is 4.79 Å². The molecule has 0 spiro atoms. The van der Waals surface area contributed by atoms with Crippen molar-refractivity contribution >= 4 is 23.7 Å². The lowest BCUT2D eigenvalue weighted by molar-refractivity contribution is -0.120. The van der Waals surface area contributed by atoms with Crippen molar-refractivity contribution in [2.24, 2.45) is 0 Å². The Morgan fingerprint density at radius 1 is 1.77 bits per heavy atom. The van der Waals surface area contributed by atoms with Gasteiger partial charge in [-0.05, 0) is 11.4 Å². The van der Waals surface area contributed by atoms with Crippen LogP contribution in [-0.2, 0) is 9.53 Å². The normalized spacial score (nSPS) is 9.31. The summed E-state index contributed by atoms with van der Waals surface area (Å²) in [5.74, 6) is -0.399. The van der Waals surface area contributed by atoms with Gasteiger partial charge in [-0.2, -0.15) is 0 Å². The van der Waals surface area contributed by atoms with E-state index in [4.69, 9.17) is 4.74 Å². The number of nitrogens with zero attached hydrogens (tertiary/aromatic N) is 1. The van der Waals surface area contributed by atoms with Gasteiger partial charge in [-0.15, -0.1) is 11.3 Å². The number of thiophene rings is 1. The van der Waals surface area contributed by atoms with Crippen LogP contribution in [0.3, 0.4) is 0 Å². The molecule has 4 nitrogen and oxygen atoms in total. The number of esters is 1. The third kappa shape index (κ3) is 2.87. The fourth-order valence-electron chi connectivity index (χ4n) is 0.657. The largest absolute Gasteiger partial charge is 0.440 e. The van der Waals surface area contributed by atoms with E-state index in [0.29, 0.717) is 11.3 Å². The fraction of sp³-hybridized carbons (Fsp3) is 0.250. The Hall–Kier alpha value is -1.36. The molecule has 0 bridgehead atoms. The molecule has 0 unspecified atom stereocenters. The molecule has 0 aliphatic heterocycles. The molecule has 0 aliphatic carbocycles. The lowest BCUT2D eigenvalue weighted by Gasteiger charge is -2.09. The molecule has 1 aromatic rings. The van der Waals surface area contributed by atoms with Crippen molar-refractivity contribution in [3.8, 4) is 0 Å². The van der Waals surface area contributed by atoms with Crippen LogP contribution in [0.25, 0.3) is 0 Å². The van der Waals surface area contributed by atoms with E-state index in [1.54, 1.807) is 17.5 Å². The minimum Gasteiger partial charge on any atom is -0.440 e. The van der Waals surface area contributed by atoms with Crippen LogP contribution in [0.4, 0.5) is 0 Å². The Morgan fingerprint density at radius 3 is 3.08 bits per heavy atom. The molecule has 0 radical (unpaired) electrons. The maximum absolute atomic E-state index is 11.2. The van der Waals surface area contributed by atoms with Gasteiger partial charge in [0.15, 0.2) is 6.73 Å². The molecule has 5 heteroatoms. The summed E-state index contributed by atoms with van der Waals surface area (Å²) >= 11 is 1.31. The number of hydrogen-bond donors (Lipinski definition) is 0. The first kappa shape index (κ1) is 9.73. The van der Waals surface area contributed by atoms with Gasteiger partial charge in [0.2, 0.25) is 6.41 Å². The van der Waals surface area contributed by atoms with Crippen molar-refractivity contribution < 1.29 is 14.3 Å². The summed E-state index contributed by atoms with van der Waals surface area (Å²) in [5, 5.41) is 1.79. The summed E-state index contributed by atoms with van der Waals surface area (Å²) in [7, 11) is 1.54. The summed E-state index contributed by atoms with van der Waals surface area (Å²) in [5.41, 5.74) is 0. The van der Waals surface area contributed by atoms with E-state index in [0.717, 1.165) is 0 Å². The van der Waals surface area contributed by atoms with Crippen molar-refractivity contribution in [3.05, 3.63) is 22.4 Å². The van der Waals surface area contributed by atoms with Crippen LogP contribution in [0.5, 0.6) is 0 Å². The maximum atomic E-state index is 11.2. The minimum absolute atomic E-state index is 0.0137. The van der Waals surface area contributed by atoms with Crippen LogP contribution in [0.2, 0.25) is 0 Å². The summed E-state index contributed by atoms with van der Waals surface area (Å²) in [4.78, 5) is 23.1. The number of carbonyl (C=O) groups excluding carboxylic acids is 2. The summed E-state index contributed by atoms with van der Waals surface area (Å²) in [6, 6.07) is 3.44. The third-order valence-corrected chi connectivity index (χ3v) is 2.15. The molecule has 13 heavy (non-hydrogen) atoms. The van der Waals surface area contributed by atoms with Gasteiger partial charge in [-0.1, -0.05) is 6.07 Å². The van der Waals surface area contributed by atoms with E-state index < -0.39 is 5.97 Å². The first-order valence-electron chi connectivity index (χ1n) is 3.60. The molecular formula is C8H9NO3S. The standard InChI is InChI=1S/C8H9NO3S/c1-9(5-10)6-12-8(11)7-3-2-4-13-7/h2-5H,6H2,1H3. The summed E-state index contributed by atoms with van der Waals surface area (Å²) in [6.45, 7) is -0.0137. The SMILES string of the molecule is CN(C=O)COC(=O)c1cccs1. The monoisotopic (exact) mass is 199 g/mol.